The minimum absolute atomic E-state index is 0.187. The Morgan fingerprint density at radius 1 is 1.52 bits per heavy atom. The first-order valence-corrected chi connectivity index (χ1v) is 9.74. The van der Waals surface area contributed by atoms with Crippen LogP contribution in [-0.2, 0) is 4.43 Å². The van der Waals surface area contributed by atoms with Crippen LogP contribution in [-0.4, -0.2) is 16.6 Å². The van der Waals surface area contributed by atoms with Crippen LogP contribution < -0.4 is 11.1 Å². The molecule has 0 unspecified atom stereocenters. The van der Waals surface area contributed by atoms with Crippen LogP contribution in [0.25, 0.3) is 0 Å². The molecule has 1 aromatic carbocycles. The number of aromatic nitrogens is 1. The Hall–Kier alpha value is -0.800. The fraction of sp³-hybridized carbons (Fsp3) is 0.286. The van der Waals surface area contributed by atoms with Gasteiger partial charge in [0.15, 0.2) is 4.34 Å². The molecule has 2 rings (SSSR count). The van der Waals surface area contributed by atoms with E-state index in [1.54, 1.807) is 11.8 Å². The summed E-state index contributed by atoms with van der Waals surface area (Å²) < 4.78 is 1.67. The molecule has 1 heterocycles. The highest BCUT2D eigenvalue weighted by atomic mass is 127. The number of nitrogens with one attached hydrogen (secondary N) is 1. The number of anilines is 2. The van der Waals surface area contributed by atoms with E-state index in [0.717, 1.165) is 31.3 Å². The van der Waals surface area contributed by atoms with Crippen LogP contribution in [0.15, 0.2) is 22.5 Å². The molecule has 3 N–H and O–H groups in total. The maximum atomic E-state index is 12.4. The predicted octanol–water partition coefficient (Wildman–Crippen LogP) is 4.33. The molecule has 21 heavy (non-hydrogen) atoms. The summed E-state index contributed by atoms with van der Waals surface area (Å²) in [6.07, 6.45) is 0. The van der Waals surface area contributed by atoms with E-state index in [4.69, 9.17) is 5.73 Å². The predicted molar refractivity (Wildman–Crippen MR) is 99.8 cm³/mol. The number of carbonyl (C=O) groups excluding carboxylic acids is 1. The van der Waals surface area contributed by atoms with Gasteiger partial charge in [-0.2, -0.15) is 0 Å². The summed E-state index contributed by atoms with van der Waals surface area (Å²) in [7, 11) is 0. The van der Waals surface area contributed by atoms with Crippen molar-refractivity contribution in [2.24, 2.45) is 0 Å². The topological polar surface area (TPSA) is 68.0 Å². The lowest BCUT2D eigenvalue weighted by atomic mass is 10.1. The van der Waals surface area contributed by atoms with Crippen LogP contribution in [0, 0.1) is 6.92 Å². The number of nitrogens with two attached hydrogens (primary N) is 1. The van der Waals surface area contributed by atoms with Crippen molar-refractivity contribution in [1.82, 2.24) is 4.98 Å². The summed E-state index contributed by atoms with van der Waals surface area (Å²) >= 11 is 5.22. The van der Waals surface area contributed by atoms with Gasteiger partial charge in [-0.25, -0.2) is 4.98 Å². The van der Waals surface area contributed by atoms with E-state index in [2.05, 4.69) is 32.9 Å². The number of amides is 1. The van der Waals surface area contributed by atoms with Crippen LogP contribution in [0.4, 0.5) is 11.5 Å². The summed E-state index contributed by atoms with van der Waals surface area (Å²) in [6, 6.07) is 6.00. The van der Waals surface area contributed by atoms with Crippen LogP contribution in [0.3, 0.4) is 0 Å². The number of benzene rings is 1. The molecule has 2 aromatic rings. The van der Waals surface area contributed by atoms with Crippen molar-refractivity contribution in [2.45, 2.75) is 22.6 Å². The number of carbonyl (C=O) groups is 1. The number of thiazole rings is 1. The van der Waals surface area contributed by atoms with Crippen molar-refractivity contribution in [2.75, 3.05) is 16.8 Å². The van der Waals surface area contributed by atoms with Crippen molar-refractivity contribution in [3.63, 3.8) is 0 Å². The summed E-state index contributed by atoms with van der Waals surface area (Å²) in [5.74, 6) is 1.02. The SMILES string of the molecule is CCSc1nc(N)c(C(=O)Nc2c(C)cccc2CI)s1. The molecule has 4 nitrogen and oxygen atoms in total. The van der Waals surface area contributed by atoms with Crippen LogP contribution in [0.5, 0.6) is 0 Å². The molecule has 112 valence electrons. The number of rotatable bonds is 5. The maximum Gasteiger partial charge on any atom is 0.269 e. The molecule has 0 radical (unpaired) electrons. The van der Waals surface area contributed by atoms with Crippen molar-refractivity contribution in [3.8, 4) is 0 Å². The summed E-state index contributed by atoms with van der Waals surface area (Å²) in [5.41, 5.74) is 8.88. The van der Waals surface area contributed by atoms with Gasteiger partial charge in [-0.05, 0) is 23.8 Å². The van der Waals surface area contributed by atoms with E-state index in [0.29, 0.717) is 10.7 Å². The molecule has 0 spiro atoms. The van der Waals surface area contributed by atoms with Crippen molar-refractivity contribution < 1.29 is 4.79 Å². The molecule has 0 bridgehead atoms. The summed E-state index contributed by atoms with van der Waals surface area (Å²) in [4.78, 5) is 17.1. The zero-order chi connectivity index (χ0) is 15.4. The third-order valence-electron chi connectivity index (χ3n) is 2.85. The number of para-hydroxylation sites is 1. The molecule has 0 saturated carbocycles. The van der Waals surface area contributed by atoms with Gasteiger partial charge in [0.25, 0.3) is 5.91 Å². The second-order valence-corrected chi connectivity index (χ2v) is 7.60. The lowest BCUT2D eigenvalue weighted by Gasteiger charge is -2.11. The fourth-order valence-electron chi connectivity index (χ4n) is 1.85. The Labute approximate surface area is 146 Å². The molecule has 0 fully saturated rings. The van der Waals surface area contributed by atoms with Gasteiger partial charge in [0.2, 0.25) is 0 Å². The molecular weight excluding hydrogens is 417 g/mol. The van der Waals surface area contributed by atoms with Gasteiger partial charge in [0, 0.05) is 10.1 Å². The average Bonchev–Trinajstić information content (AvgIpc) is 2.82. The fourth-order valence-corrected chi connectivity index (χ4v) is 4.35. The van der Waals surface area contributed by atoms with Gasteiger partial charge in [-0.3, -0.25) is 4.79 Å². The first-order valence-electron chi connectivity index (χ1n) is 6.41. The van der Waals surface area contributed by atoms with Crippen molar-refractivity contribution in [1.29, 1.82) is 0 Å². The van der Waals surface area contributed by atoms with E-state index in [-0.39, 0.29) is 5.91 Å². The van der Waals surface area contributed by atoms with E-state index >= 15 is 0 Å². The normalized spacial score (nSPS) is 10.6. The Balaban J connectivity index is 2.26. The summed E-state index contributed by atoms with van der Waals surface area (Å²) in [5, 5.41) is 2.98. The van der Waals surface area contributed by atoms with Gasteiger partial charge < -0.3 is 11.1 Å². The number of hydrogen-bond donors (Lipinski definition) is 2. The maximum absolute atomic E-state index is 12.4. The largest absolute Gasteiger partial charge is 0.382 e. The van der Waals surface area contributed by atoms with Crippen LogP contribution in [0.2, 0.25) is 0 Å². The number of thioether (sulfide) groups is 1. The number of nitrogens with zero attached hydrogens (tertiary/aromatic N) is 1. The number of nitrogen functional groups attached to an aromatic ring is 1. The number of halogens is 1. The van der Waals surface area contributed by atoms with Gasteiger partial charge >= 0.3 is 0 Å². The smallest absolute Gasteiger partial charge is 0.269 e. The zero-order valence-electron chi connectivity index (χ0n) is 11.8. The van der Waals surface area contributed by atoms with Gasteiger partial charge in [0.05, 0.1) is 0 Å². The van der Waals surface area contributed by atoms with Crippen LogP contribution >= 0.6 is 45.7 Å². The second-order valence-electron chi connectivity index (χ2n) is 4.32. The van der Waals surface area contributed by atoms with Gasteiger partial charge in [0.1, 0.15) is 10.7 Å². The van der Waals surface area contributed by atoms with Gasteiger partial charge in [-0.15, -0.1) is 11.3 Å². The van der Waals surface area contributed by atoms with E-state index < -0.39 is 0 Å². The zero-order valence-corrected chi connectivity index (χ0v) is 15.6. The number of aryl methyl sites for hydroxylation is 1. The summed E-state index contributed by atoms with van der Waals surface area (Å²) in [6.45, 7) is 4.03. The quantitative estimate of drug-likeness (QED) is 0.419. The third kappa shape index (κ3) is 3.89. The molecular formula is C14H16IN3OS2. The lowest BCUT2D eigenvalue weighted by Crippen LogP contribution is -2.14. The highest BCUT2D eigenvalue weighted by molar-refractivity contribution is 14.1. The monoisotopic (exact) mass is 433 g/mol. The number of alkyl halides is 1. The van der Waals surface area contributed by atoms with Crippen molar-refractivity contribution in [3.05, 3.63) is 34.2 Å². The Bertz CT molecular complexity index is 658. The van der Waals surface area contributed by atoms with E-state index in [1.807, 2.05) is 32.0 Å². The Kier molecular flexibility index (Phi) is 5.88. The first-order chi connectivity index (χ1) is 10.1. The van der Waals surface area contributed by atoms with E-state index in [9.17, 15) is 4.79 Å². The minimum atomic E-state index is -0.187. The van der Waals surface area contributed by atoms with Crippen LogP contribution in [0.1, 0.15) is 27.7 Å². The average molecular weight is 433 g/mol. The molecule has 0 aliphatic carbocycles. The van der Waals surface area contributed by atoms with Gasteiger partial charge in [-0.1, -0.05) is 59.5 Å². The minimum Gasteiger partial charge on any atom is -0.382 e. The highest BCUT2D eigenvalue weighted by Crippen LogP contribution is 2.30. The molecule has 0 aliphatic heterocycles. The molecule has 0 saturated heterocycles. The third-order valence-corrected chi connectivity index (χ3v) is 5.77. The standard InChI is InChI=1S/C14H16IN3OS2/c1-3-20-14-18-12(16)11(21-14)13(19)17-10-8(2)5-4-6-9(10)7-15/h4-6H,3,7,16H2,1-2H3,(H,17,19). The molecule has 1 aromatic heterocycles. The Morgan fingerprint density at radius 3 is 2.95 bits per heavy atom. The Morgan fingerprint density at radius 2 is 2.29 bits per heavy atom. The molecule has 0 aliphatic rings. The lowest BCUT2D eigenvalue weighted by molar-refractivity contribution is 0.103. The second kappa shape index (κ2) is 7.46. The number of hydrogen-bond acceptors (Lipinski definition) is 5. The van der Waals surface area contributed by atoms with E-state index in [1.165, 1.54) is 11.3 Å². The molecule has 1 amide bonds. The first kappa shape index (κ1) is 16.6. The highest BCUT2D eigenvalue weighted by Gasteiger charge is 2.18. The molecule has 7 heteroatoms. The van der Waals surface area contributed by atoms with Crippen molar-refractivity contribution >= 4 is 63.1 Å². The molecule has 0 atom stereocenters.